The number of sulfonamides is 1. The summed E-state index contributed by atoms with van der Waals surface area (Å²) in [7, 11) is -3.17. The van der Waals surface area contributed by atoms with Gasteiger partial charge in [0, 0.05) is 37.6 Å². The molecule has 29 heavy (non-hydrogen) atoms. The predicted octanol–water partition coefficient (Wildman–Crippen LogP) is 2.29. The molecule has 8 nitrogen and oxygen atoms in total. The van der Waals surface area contributed by atoms with Gasteiger partial charge in [0.05, 0.1) is 17.8 Å². The number of imidazole rings is 1. The first-order valence-electron chi connectivity index (χ1n) is 9.47. The third-order valence-electron chi connectivity index (χ3n) is 4.91. The zero-order valence-electron chi connectivity index (χ0n) is 16.5. The molecule has 3 rings (SSSR count). The maximum absolute atomic E-state index is 12.4. The Morgan fingerprint density at radius 1 is 1.34 bits per heavy atom. The van der Waals surface area contributed by atoms with Crippen molar-refractivity contribution in [3.63, 3.8) is 0 Å². The van der Waals surface area contributed by atoms with Crippen molar-refractivity contribution in [1.29, 1.82) is 0 Å². The highest BCUT2D eigenvalue weighted by atomic mass is 35.5. The molecule has 0 aliphatic carbocycles. The average molecular weight is 441 g/mol. The quantitative estimate of drug-likeness (QED) is 0.712. The average Bonchev–Trinajstić information content (AvgIpc) is 3.15. The minimum atomic E-state index is -3.17. The molecule has 2 heterocycles. The van der Waals surface area contributed by atoms with Gasteiger partial charge < -0.3 is 14.6 Å². The number of aryl methyl sites for hydroxylation is 1. The van der Waals surface area contributed by atoms with Gasteiger partial charge in [-0.2, -0.15) is 0 Å². The molecule has 1 aliphatic rings. The second-order valence-electron chi connectivity index (χ2n) is 6.94. The van der Waals surface area contributed by atoms with E-state index in [-0.39, 0.29) is 12.0 Å². The van der Waals surface area contributed by atoms with E-state index in [9.17, 15) is 13.2 Å². The van der Waals surface area contributed by atoms with Crippen molar-refractivity contribution in [1.82, 2.24) is 19.2 Å². The fourth-order valence-corrected chi connectivity index (χ4v) is 4.35. The van der Waals surface area contributed by atoms with E-state index in [0.717, 1.165) is 12.4 Å². The van der Waals surface area contributed by atoms with Gasteiger partial charge in [-0.15, -0.1) is 0 Å². The van der Waals surface area contributed by atoms with E-state index >= 15 is 0 Å². The Labute approximate surface area is 175 Å². The molecule has 1 amide bonds. The highest BCUT2D eigenvalue weighted by Gasteiger charge is 2.26. The number of hydrogen-bond acceptors (Lipinski definition) is 5. The maximum atomic E-state index is 12.4. The van der Waals surface area contributed by atoms with Crippen molar-refractivity contribution in [2.24, 2.45) is 0 Å². The lowest BCUT2D eigenvalue weighted by Gasteiger charge is -2.30. The van der Waals surface area contributed by atoms with Crippen molar-refractivity contribution < 1.29 is 17.9 Å². The van der Waals surface area contributed by atoms with Crippen LogP contribution in [0.15, 0.2) is 30.6 Å². The van der Waals surface area contributed by atoms with Crippen molar-refractivity contribution in [2.45, 2.75) is 39.0 Å². The Hall–Kier alpha value is -2.10. The maximum Gasteiger partial charge on any atom is 0.251 e. The number of benzene rings is 1. The lowest BCUT2D eigenvalue weighted by Crippen LogP contribution is -2.41. The zero-order chi connectivity index (χ0) is 21.0. The van der Waals surface area contributed by atoms with E-state index in [0.29, 0.717) is 48.8 Å². The molecule has 1 aromatic heterocycles. The van der Waals surface area contributed by atoms with Gasteiger partial charge in [-0.1, -0.05) is 11.6 Å². The van der Waals surface area contributed by atoms with Gasteiger partial charge >= 0.3 is 0 Å². The lowest BCUT2D eigenvalue weighted by atomic mass is 10.1. The van der Waals surface area contributed by atoms with Crippen LogP contribution >= 0.6 is 11.6 Å². The summed E-state index contributed by atoms with van der Waals surface area (Å²) in [5.41, 5.74) is 0.434. The third-order valence-corrected chi connectivity index (χ3v) is 6.51. The van der Waals surface area contributed by atoms with Crippen LogP contribution < -0.4 is 10.1 Å². The molecule has 0 spiro atoms. The summed E-state index contributed by atoms with van der Waals surface area (Å²) in [6.45, 7) is 3.97. The third kappa shape index (κ3) is 5.49. The van der Waals surface area contributed by atoms with Crippen LogP contribution in [0.1, 0.15) is 35.9 Å². The standard InChI is InChI=1S/C19H25ClN4O4S/c1-3-23-11-8-21-18(23)13-22-19(25)14-4-5-17(16(20)12-14)28-15-6-9-24(10-7-15)29(2,26)27/h4-5,8,11-12,15H,3,6-7,9-10,13H2,1-2H3,(H,22,25). The molecule has 0 radical (unpaired) electrons. The summed E-state index contributed by atoms with van der Waals surface area (Å²) in [5, 5.41) is 3.18. The monoisotopic (exact) mass is 440 g/mol. The summed E-state index contributed by atoms with van der Waals surface area (Å²) in [5.74, 6) is 1.03. The molecule has 1 aromatic carbocycles. The zero-order valence-corrected chi connectivity index (χ0v) is 18.0. The first-order chi connectivity index (χ1) is 13.8. The van der Waals surface area contributed by atoms with Crippen LogP contribution in [0.4, 0.5) is 0 Å². The topological polar surface area (TPSA) is 93.5 Å². The summed E-state index contributed by atoms with van der Waals surface area (Å²) in [6, 6.07) is 4.91. The minimum Gasteiger partial charge on any atom is -0.489 e. The fourth-order valence-electron chi connectivity index (χ4n) is 3.26. The van der Waals surface area contributed by atoms with E-state index in [1.807, 2.05) is 17.7 Å². The first kappa shape index (κ1) is 21.6. The van der Waals surface area contributed by atoms with Gasteiger partial charge in [0.15, 0.2) is 0 Å². The van der Waals surface area contributed by atoms with Crippen molar-refractivity contribution in [3.05, 3.63) is 47.0 Å². The SMILES string of the molecule is CCn1ccnc1CNC(=O)c1ccc(OC2CCN(S(C)(=O)=O)CC2)c(Cl)c1. The summed E-state index contributed by atoms with van der Waals surface area (Å²) < 4.78 is 32.5. The molecule has 2 aromatic rings. The van der Waals surface area contributed by atoms with E-state index in [2.05, 4.69) is 10.3 Å². The Morgan fingerprint density at radius 2 is 2.07 bits per heavy atom. The molecule has 158 valence electrons. The number of aromatic nitrogens is 2. The highest BCUT2D eigenvalue weighted by Crippen LogP contribution is 2.28. The van der Waals surface area contributed by atoms with Crippen LogP contribution in [0.5, 0.6) is 5.75 Å². The normalized spacial score (nSPS) is 16.0. The largest absolute Gasteiger partial charge is 0.489 e. The lowest BCUT2D eigenvalue weighted by molar-refractivity contribution is 0.0949. The van der Waals surface area contributed by atoms with E-state index in [1.165, 1.54) is 10.6 Å². The summed E-state index contributed by atoms with van der Waals surface area (Å²) >= 11 is 6.31. The Balaban J connectivity index is 1.56. The van der Waals surface area contributed by atoms with Gasteiger partial charge in [-0.3, -0.25) is 4.79 Å². The number of carbonyl (C=O) groups excluding carboxylic acids is 1. The number of hydrogen-bond donors (Lipinski definition) is 1. The van der Waals surface area contributed by atoms with Crippen LogP contribution in [0, 0.1) is 0 Å². The van der Waals surface area contributed by atoms with Crippen LogP contribution in [-0.2, 0) is 23.1 Å². The van der Waals surface area contributed by atoms with Crippen molar-refractivity contribution >= 4 is 27.5 Å². The Morgan fingerprint density at radius 3 is 2.69 bits per heavy atom. The Bertz CT molecular complexity index is 968. The Kier molecular flexibility index (Phi) is 6.81. The van der Waals surface area contributed by atoms with Crippen molar-refractivity contribution in [3.8, 4) is 5.75 Å². The molecule has 1 fully saturated rings. The predicted molar refractivity (Wildman–Crippen MR) is 111 cm³/mol. The summed E-state index contributed by atoms with van der Waals surface area (Å²) in [6.07, 6.45) is 5.85. The number of ether oxygens (including phenoxy) is 1. The van der Waals surface area contributed by atoms with E-state index < -0.39 is 10.0 Å². The number of nitrogens with zero attached hydrogens (tertiary/aromatic N) is 3. The molecule has 0 saturated carbocycles. The van der Waals surface area contributed by atoms with Gasteiger partial charge in [-0.05, 0) is 38.0 Å². The van der Waals surface area contributed by atoms with Gasteiger partial charge in [0.25, 0.3) is 5.91 Å². The molecule has 0 atom stereocenters. The number of amides is 1. The minimum absolute atomic E-state index is 0.113. The second-order valence-corrected chi connectivity index (χ2v) is 9.33. The van der Waals surface area contributed by atoms with Crippen LogP contribution in [0.3, 0.4) is 0 Å². The molecule has 1 saturated heterocycles. The molecule has 1 N–H and O–H groups in total. The number of piperidine rings is 1. The van der Waals surface area contributed by atoms with Gasteiger partial charge in [0.1, 0.15) is 17.7 Å². The molecule has 1 aliphatic heterocycles. The van der Waals surface area contributed by atoms with Crippen LogP contribution in [-0.4, -0.2) is 53.6 Å². The molecule has 10 heteroatoms. The second kappa shape index (κ2) is 9.15. The molecule has 0 bridgehead atoms. The highest BCUT2D eigenvalue weighted by molar-refractivity contribution is 7.88. The van der Waals surface area contributed by atoms with Crippen LogP contribution in [0.2, 0.25) is 5.02 Å². The molecular formula is C19H25ClN4O4S. The summed E-state index contributed by atoms with van der Waals surface area (Å²) in [4.78, 5) is 16.6. The van der Waals surface area contributed by atoms with E-state index in [1.54, 1.807) is 24.4 Å². The van der Waals surface area contributed by atoms with Gasteiger partial charge in [-0.25, -0.2) is 17.7 Å². The van der Waals surface area contributed by atoms with E-state index in [4.69, 9.17) is 16.3 Å². The van der Waals surface area contributed by atoms with Crippen LogP contribution in [0.25, 0.3) is 0 Å². The van der Waals surface area contributed by atoms with Gasteiger partial charge in [0.2, 0.25) is 10.0 Å². The number of nitrogens with one attached hydrogen (secondary N) is 1. The first-order valence-corrected chi connectivity index (χ1v) is 11.7. The smallest absolute Gasteiger partial charge is 0.251 e. The number of rotatable bonds is 7. The molecule has 0 unspecified atom stereocenters. The number of carbonyl (C=O) groups is 1. The van der Waals surface area contributed by atoms with Crippen molar-refractivity contribution in [2.75, 3.05) is 19.3 Å². The molecular weight excluding hydrogens is 416 g/mol. The fraction of sp³-hybridized carbons (Fsp3) is 0.474. The number of halogens is 1.